The summed E-state index contributed by atoms with van der Waals surface area (Å²) >= 11 is 4.90. The van der Waals surface area contributed by atoms with Crippen molar-refractivity contribution in [3.8, 4) is 0 Å². The SMILES string of the molecule is NC(=S)CCN(Cc1ccco1)C1CC1. The fourth-order valence-corrected chi connectivity index (χ4v) is 1.78. The van der Waals surface area contributed by atoms with Gasteiger partial charge in [0.2, 0.25) is 0 Å². The van der Waals surface area contributed by atoms with Crippen LogP contribution in [0, 0.1) is 0 Å². The standard InChI is InChI=1S/C11H16N2OS/c12-11(15)5-6-13(9-3-4-9)8-10-2-1-7-14-10/h1-2,7,9H,3-6,8H2,(H2,12,15). The normalized spacial score (nSPS) is 15.8. The summed E-state index contributed by atoms with van der Waals surface area (Å²) in [6, 6.07) is 4.65. The molecule has 0 amide bonds. The van der Waals surface area contributed by atoms with E-state index in [1.807, 2.05) is 12.1 Å². The number of rotatable bonds is 6. The maximum Gasteiger partial charge on any atom is 0.117 e. The van der Waals surface area contributed by atoms with E-state index in [0.29, 0.717) is 11.0 Å². The Morgan fingerprint density at radius 1 is 1.60 bits per heavy atom. The van der Waals surface area contributed by atoms with Crippen LogP contribution >= 0.6 is 12.2 Å². The largest absolute Gasteiger partial charge is 0.468 e. The van der Waals surface area contributed by atoms with Gasteiger partial charge in [0.05, 0.1) is 17.8 Å². The Morgan fingerprint density at radius 2 is 2.40 bits per heavy atom. The van der Waals surface area contributed by atoms with Crippen LogP contribution in [0.4, 0.5) is 0 Å². The summed E-state index contributed by atoms with van der Waals surface area (Å²) in [7, 11) is 0. The summed E-state index contributed by atoms with van der Waals surface area (Å²) < 4.78 is 5.34. The van der Waals surface area contributed by atoms with Gasteiger partial charge in [-0.05, 0) is 25.0 Å². The molecule has 0 aromatic carbocycles. The van der Waals surface area contributed by atoms with Crippen molar-refractivity contribution in [2.45, 2.75) is 31.8 Å². The average Bonchev–Trinajstić information content (AvgIpc) is 2.91. The minimum atomic E-state index is 0.597. The topological polar surface area (TPSA) is 42.4 Å². The molecule has 15 heavy (non-hydrogen) atoms. The lowest BCUT2D eigenvalue weighted by atomic mass is 10.3. The fraction of sp³-hybridized carbons (Fsp3) is 0.545. The zero-order valence-electron chi connectivity index (χ0n) is 8.69. The van der Waals surface area contributed by atoms with E-state index in [4.69, 9.17) is 22.4 Å². The second-order valence-electron chi connectivity index (χ2n) is 4.00. The highest BCUT2D eigenvalue weighted by atomic mass is 32.1. The predicted molar refractivity (Wildman–Crippen MR) is 63.5 cm³/mol. The van der Waals surface area contributed by atoms with E-state index in [2.05, 4.69) is 4.90 Å². The van der Waals surface area contributed by atoms with Gasteiger partial charge in [0.1, 0.15) is 5.76 Å². The lowest BCUT2D eigenvalue weighted by Gasteiger charge is -2.20. The number of hydrogen-bond donors (Lipinski definition) is 1. The Bertz CT molecular complexity index is 319. The summed E-state index contributed by atoms with van der Waals surface area (Å²) in [6.45, 7) is 1.82. The number of thiocarbonyl (C=S) groups is 1. The number of nitrogens with two attached hydrogens (primary N) is 1. The summed E-state index contributed by atoms with van der Waals surface area (Å²) in [6.07, 6.45) is 5.09. The Balaban J connectivity index is 1.86. The summed E-state index contributed by atoms with van der Waals surface area (Å²) in [5.41, 5.74) is 5.52. The van der Waals surface area contributed by atoms with E-state index in [1.165, 1.54) is 12.8 Å². The van der Waals surface area contributed by atoms with Gasteiger partial charge in [-0.3, -0.25) is 4.90 Å². The van der Waals surface area contributed by atoms with Crippen molar-refractivity contribution >= 4 is 17.2 Å². The van der Waals surface area contributed by atoms with Gasteiger partial charge in [-0.1, -0.05) is 12.2 Å². The van der Waals surface area contributed by atoms with Crippen molar-refractivity contribution in [1.82, 2.24) is 4.90 Å². The average molecular weight is 224 g/mol. The summed E-state index contributed by atoms with van der Waals surface area (Å²) in [5.74, 6) is 1.02. The third-order valence-electron chi connectivity index (χ3n) is 2.65. The Kier molecular flexibility index (Phi) is 3.38. The Hall–Kier alpha value is -0.870. The molecule has 1 aromatic heterocycles. The van der Waals surface area contributed by atoms with Crippen LogP contribution < -0.4 is 5.73 Å². The van der Waals surface area contributed by atoms with Crippen molar-refractivity contribution in [2.24, 2.45) is 5.73 Å². The number of hydrogen-bond acceptors (Lipinski definition) is 3. The van der Waals surface area contributed by atoms with Crippen LogP contribution in [-0.2, 0) is 6.54 Å². The molecule has 2 N–H and O–H groups in total. The van der Waals surface area contributed by atoms with Gasteiger partial charge >= 0.3 is 0 Å². The van der Waals surface area contributed by atoms with Gasteiger partial charge in [0, 0.05) is 19.0 Å². The molecule has 1 aliphatic rings. The maximum absolute atomic E-state index is 5.52. The molecular formula is C11H16N2OS. The highest BCUT2D eigenvalue weighted by Crippen LogP contribution is 2.28. The van der Waals surface area contributed by atoms with Gasteiger partial charge < -0.3 is 10.2 Å². The van der Waals surface area contributed by atoms with Crippen molar-refractivity contribution in [3.05, 3.63) is 24.2 Å². The van der Waals surface area contributed by atoms with Crippen molar-refractivity contribution in [3.63, 3.8) is 0 Å². The van der Waals surface area contributed by atoms with Crippen molar-refractivity contribution in [1.29, 1.82) is 0 Å². The van der Waals surface area contributed by atoms with Gasteiger partial charge in [0.15, 0.2) is 0 Å². The molecule has 1 aliphatic carbocycles. The molecule has 0 spiro atoms. The number of furan rings is 1. The van der Waals surface area contributed by atoms with Crippen LogP contribution in [0.1, 0.15) is 25.0 Å². The maximum atomic E-state index is 5.52. The van der Waals surface area contributed by atoms with Gasteiger partial charge in [-0.2, -0.15) is 0 Å². The minimum Gasteiger partial charge on any atom is -0.468 e. The minimum absolute atomic E-state index is 0.597. The van der Waals surface area contributed by atoms with E-state index in [9.17, 15) is 0 Å². The predicted octanol–water partition coefficient (Wildman–Crippen LogP) is 1.92. The first-order valence-corrected chi connectivity index (χ1v) is 5.71. The first kappa shape index (κ1) is 10.6. The molecule has 1 saturated carbocycles. The molecular weight excluding hydrogens is 208 g/mol. The van der Waals surface area contributed by atoms with Crippen LogP contribution in [0.15, 0.2) is 22.8 Å². The third kappa shape index (κ3) is 3.32. The molecule has 0 atom stereocenters. The molecule has 4 heteroatoms. The number of nitrogens with zero attached hydrogens (tertiary/aromatic N) is 1. The molecule has 0 radical (unpaired) electrons. The van der Waals surface area contributed by atoms with Crippen LogP contribution in [0.3, 0.4) is 0 Å². The van der Waals surface area contributed by atoms with Crippen LogP contribution in [0.25, 0.3) is 0 Å². The summed E-state index contributed by atoms with van der Waals surface area (Å²) in [4.78, 5) is 3.00. The highest BCUT2D eigenvalue weighted by Gasteiger charge is 2.29. The Morgan fingerprint density at radius 3 is 2.93 bits per heavy atom. The van der Waals surface area contributed by atoms with E-state index >= 15 is 0 Å². The van der Waals surface area contributed by atoms with Crippen LogP contribution in [0.2, 0.25) is 0 Å². The second-order valence-corrected chi connectivity index (χ2v) is 4.52. The zero-order chi connectivity index (χ0) is 10.7. The Labute approximate surface area is 95.2 Å². The fourth-order valence-electron chi connectivity index (χ4n) is 1.69. The van der Waals surface area contributed by atoms with E-state index in [1.54, 1.807) is 6.26 Å². The van der Waals surface area contributed by atoms with Crippen molar-refractivity contribution in [2.75, 3.05) is 6.54 Å². The zero-order valence-corrected chi connectivity index (χ0v) is 9.50. The molecule has 1 heterocycles. The molecule has 2 rings (SSSR count). The molecule has 0 bridgehead atoms. The van der Waals surface area contributed by atoms with E-state index in [0.717, 1.165) is 25.3 Å². The quantitative estimate of drug-likeness (QED) is 0.750. The van der Waals surface area contributed by atoms with Crippen molar-refractivity contribution < 1.29 is 4.42 Å². The molecule has 82 valence electrons. The second kappa shape index (κ2) is 4.77. The molecule has 1 aromatic rings. The lowest BCUT2D eigenvalue weighted by Crippen LogP contribution is -2.29. The van der Waals surface area contributed by atoms with Gasteiger partial charge in [0.25, 0.3) is 0 Å². The molecule has 0 unspecified atom stereocenters. The highest BCUT2D eigenvalue weighted by molar-refractivity contribution is 7.80. The van der Waals surface area contributed by atoms with Gasteiger partial charge in [-0.25, -0.2) is 0 Å². The molecule has 1 fully saturated rings. The monoisotopic (exact) mass is 224 g/mol. The first-order valence-electron chi connectivity index (χ1n) is 5.30. The molecule has 3 nitrogen and oxygen atoms in total. The third-order valence-corrected chi connectivity index (χ3v) is 2.85. The van der Waals surface area contributed by atoms with Crippen LogP contribution in [-0.4, -0.2) is 22.5 Å². The molecule has 0 saturated heterocycles. The summed E-state index contributed by atoms with van der Waals surface area (Å²) in [5, 5.41) is 0. The lowest BCUT2D eigenvalue weighted by molar-refractivity contribution is 0.240. The van der Waals surface area contributed by atoms with E-state index < -0.39 is 0 Å². The van der Waals surface area contributed by atoms with Crippen LogP contribution in [0.5, 0.6) is 0 Å². The molecule has 0 aliphatic heterocycles. The smallest absolute Gasteiger partial charge is 0.117 e. The van der Waals surface area contributed by atoms with E-state index in [-0.39, 0.29) is 0 Å². The first-order chi connectivity index (χ1) is 7.25. The van der Waals surface area contributed by atoms with Gasteiger partial charge in [-0.15, -0.1) is 0 Å².